The number of rotatable bonds is 11. The van der Waals surface area contributed by atoms with E-state index in [4.69, 9.17) is 29.5 Å². The van der Waals surface area contributed by atoms with Gasteiger partial charge in [-0.3, -0.25) is 19.6 Å². The number of ether oxygens (including phenoxy) is 2. The van der Waals surface area contributed by atoms with Crippen molar-refractivity contribution in [3.05, 3.63) is 70.9 Å². The molecular formula is C55H63F2N9O5. The molecule has 2 amide bonds. The van der Waals surface area contributed by atoms with Gasteiger partial charge in [-0.2, -0.15) is 15.1 Å². The number of imide groups is 1. The number of nitrogens with zero attached hydrogens (tertiary/aromatic N) is 8. The summed E-state index contributed by atoms with van der Waals surface area (Å²) in [7, 11) is 1.97. The second-order valence-electron chi connectivity index (χ2n) is 21.5. The first kappa shape index (κ1) is 46.1. The van der Waals surface area contributed by atoms with Crippen LogP contribution in [0.2, 0.25) is 0 Å². The van der Waals surface area contributed by atoms with E-state index in [-0.39, 0.29) is 57.7 Å². The SMILES string of the molecule is CCc1c(F)ccc2cc(O)cc(-c3nc4c5c(nc(OCC6(CN7CCC(CN8CCC(c9cccc%10c(C%11CCC(=O)NC%11=O)nn(C)c9%10)CC8)CC7)CC6)nc5c3F)N3CCCCC[C@H]3CO4)c12. The van der Waals surface area contributed by atoms with E-state index in [1.807, 2.05) is 18.7 Å². The zero-order valence-corrected chi connectivity index (χ0v) is 40.8. The lowest BCUT2D eigenvalue weighted by Crippen LogP contribution is -2.43. The number of aromatic nitrogens is 5. The van der Waals surface area contributed by atoms with E-state index in [1.165, 1.54) is 17.7 Å². The topological polar surface area (TPSA) is 151 Å². The Hall–Kier alpha value is -6.00. The van der Waals surface area contributed by atoms with Crippen LogP contribution < -0.4 is 19.7 Å². The summed E-state index contributed by atoms with van der Waals surface area (Å²) in [5, 5.41) is 20.7. The summed E-state index contributed by atoms with van der Waals surface area (Å²) in [6.45, 7) is 9.64. The van der Waals surface area contributed by atoms with Crippen LogP contribution in [0.1, 0.15) is 113 Å². The van der Waals surface area contributed by atoms with Gasteiger partial charge in [0.25, 0.3) is 0 Å². The number of benzene rings is 3. The Morgan fingerprint density at radius 2 is 1.72 bits per heavy atom. The largest absolute Gasteiger partial charge is 0.508 e. The smallest absolute Gasteiger partial charge is 0.319 e. The van der Waals surface area contributed by atoms with Crippen LogP contribution in [-0.2, 0) is 23.1 Å². The highest BCUT2D eigenvalue weighted by Gasteiger charge is 2.46. The molecule has 0 bridgehead atoms. The molecule has 1 unspecified atom stereocenters. The monoisotopic (exact) mass is 967 g/mol. The Kier molecular flexibility index (Phi) is 12.0. The molecule has 16 heteroatoms. The van der Waals surface area contributed by atoms with Gasteiger partial charge < -0.3 is 29.3 Å². The third-order valence-electron chi connectivity index (χ3n) is 16.8. The van der Waals surface area contributed by atoms with E-state index >= 15 is 8.78 Å². The summed E-state index contributed by atoms with van der Waals surface area (Å²) in [5.74, 6) is -0.165. The molecule has 5 aliphatic heterocycles. The molecule has 8 heterocycles. The predicted octanol–water partition coefficient (Wildman–Crippen LogP) is 8.69. The van der Waals surface area contributed by atoms with Crippen molar-refractivity contribution in [2.45, 2.75) is 108 Å². The molecular weight excluding hydrogens is 905 g/mol. The number of hydrogen-bond acceptors (Lipinski definition) is 12. The predicted molar refractivity (Wildman–Crippen MR) is 267 cm³/mol. The first-order valence-corrected chi connectivity index (χ1v) is 26.1. The number of aryl methyl sites for hydroxylation is 2. The van der Waals surface area contributed by atoms with Gasteiger partial charge in [-0.25, -0.2) is 13.8 Å². The summed E-state index contributed by atoms with van der Waals surface area (Å²) in [6.07, 6.45) is 11.8. The number of fused-ring (bicyclic) bond motifs is 4. The number of carbonyl (C=O) groups is 2. The van der Waals surface area contributed by atoms with Crippen molar-refractivity contribution in [2.75, 3.05) is 63.9 Å². The van der Waals surface area contributed by atoms with E-state index in [9.17, 15) is 14.7 Å². The Balaban J connectivity index is 0.715. The molecule has 2 N–H and O–H groups in total. The maximum absolute atomic E-state index is 17.4. The quantitative estimate of drug-likeness (QED) is 0.120. The van der Waals surface area contributed by atoms with E-state index < -0.39 is 17.6 Å². The van der Waals surface area contributed by atoms with Crippen LogP contribution in [0.3, 0.4) is 0 Å². The minimum atomic E-state index is -0.690. The molecule has 5 fully saturated rings. The summed E-state index contributed by atoms with van der Waals surface area (Å²) in [4.78, 5) is 46.8. The van der Waals surface area contributed by atoms with Crippen molar-refractivity contribution in [2.24, 2.45) is 18.4 Å². The number of nitrogens with one attached hydrogen (secondary N) is 1. The summed E-state index contributed by atoms with van der Waals surface area (Å²) in [6, 6.07) is 12.5. The molecule has 3 aromatic heterocycles. The van der Waals surface area contributed by atoms with Crippen LogP contribution in [0.15, 0.2) is 42.5 Å². The Bertz CT molecular complexity index is 3070. The number of amides is 2. The molecule has 4 saturated heterocycles. The number of anilines is 1. The Morgan fingerprint density at radius 3 is 2.51 bits per heavy atom. The lowest BCUT2D eigenvalue weighted by molar-refractivity contribution is -0.134. The van der Waals surface area contributed by atoms with Gasteiger partial charge in [0, 0.05) is 49.5 Å². The molecule has 0 radical (unpaired) electrons. The molecule has 2 atom stereocenters. The first-order valence-electron chi connectivity index (χ1n) is 26.1. The van der Waals surface area contributed by atoms with Crippen LogP contribution in [0.25, 0.3) is 43.8 Å². The number of pyridine rings is 1. The molecule has 372 valence electrons. The number of aromatic hydroxyl groups is 1. The number of phenols is 1. The first-order chi connectivity index (χ1) is 34.5. The fourth-order valence-electron chi connectivity index (χ4n) is 12.8. The van der Waals surface area contributed by atoms with E-state index in [0.29, 0.717) is 71.9 Å². The van der Waals surface area contributed by atoms with Gasteiger partial charge in [0.2, 0.25) is 17.7 Å². The van der Waals surface area contributed by atoms with Crippen molar-refractivity contribution < 1.29 is 33.0 Å². The van der Waals surface area contributed by atoms with Crippen molar-refractivity contribution in [1.29, 1.82) is 0 Å². The normalized spacial score (nSPS) is 22.3. The molecule has 14 nitrogen and oxygen atoms in total. The number of phenolic OH excluding ortho intramolecular Hbond substituents is 1. The molecule has 3 aromatic carbocycles. The Morgan fingerprint density at radius 1 is 0.901 bits per heavy atom. The fourth-order valence-corrected chi connectivity index (χ4v) is 12.8. The van der Waals surface area contributed by atoms with Crippen molar-refractivity contribution in [3.63, 3.8) is 0 Å². The minimum Gasteiger partial charge on any atom is -0.508 e. The van der Waals surface area contributed by atoms with Crippen molar-refractivity contribution >= 4 is 50.2 Å². The van der Waals surface area contributed by atoms with Gasteiger partial charge in [-0.05, 0) is 142 Å². The third kappa shape index (κ3) is 8.61. The van der Waals surface area contributed by atoms with Gasteiger partial charge in [-0.1, -0.05) is 44.0 Å². The average Bonchev–Trinajstić information content (AvgIpc) is 4.13. The molecule has 6 aliphatic rings. The summed E-state index contributed by atoms with van der Waals surface area (Å²) < 4.78 is 47.7. The van der Waals surface area contributed by atoms with Crippen LogP contribution in [0, 0.1) is 23.0 Å². The Labute approximate surface area is 412 Å². The summed E-state index contributed by atoms with van der Waals surface area (Å²) >= 11 is 0. The van der Waals surface area contributed by atoms with E-state index in [1.54, 1.807) is 12.1 Å². The highest BCUT2D eigenvalue weighted by Crippen LogP contribution is 2.48. The standard InChI is InChI=1S/C55H63F2N9O5/c1-3-37-42(56)13-11-34-26-36(67)27-41(44(34)37)48-46(57)49-45-51(66-21-6-4-5-8-35(66)29-70-53(45)59-48)61-54(60-49)71-31-55(19-20-55)30-65-22-15-32(16-23-65)28-64-24-17-33(18-25-64)38-9-7-10-39-47(62-63(2)50(38)39)40-12-14-43(68)58-52(40)69/h7,9-11,13,26-27,32-33,35,40,67H,3-6,8,12,14-25,28-31H2,1-2H3,(H,58,68,69)/t35-,40?/m0/s1. The number of likely N-dealkylation sites (tertiary alicyclic amines) is 2. The number of halogens is 2. The molecule has 71 heavy (non-hydrogen) atoms. The van der Waals surface area contributed by atoms with Crippen molar-refractivity contribution in [1.82, 2.24) is 39.8 Å². The highest BCUT2D eigenvalue weighted by atomic mass is 19.1. The number of hydrogen-bond donors (Lipinski definition) is 2. The third-order valence-corrected chi connectivity index (χ3v) is 16.8. The van der Waals surface area contributed by atoms with Crippen molar-refractivity contribution in [3.8, 4) is 28.9 Å². The molecule has 1 aliphatic carbocycles. The van der Waals surface area contributed by atoms with Gasteiger partial charge >= 0.3 is 6.01 Å². The summed E-state index contributed by atoms with van der Waals surface area (Å²) in [5.41, 5.74) is 3.84. The zero-order chi connectivity index (χ0) is 48.5. The fraction of sp³-hybridized carbons (Fsp3) is 0.527. The molecule has 0 spiro atoms. The average molecular weight is 968 g/mol. The van der Waals surface area contributed by atoms with Crippen LogP contribution >= 0.6 is 0 Å². The van der Waals surface area contributed by atoms with Crippen LogP contribution in [-0.4, -0.2) is 117 Å². The second kappa shape index (κ2) is 18.6. The number of piperidine rings is 3. The van der Waals surface area contributed by atoms with Gasteiger partial charge in [-0.15, -0.1) is 0 Å². The molecule has 12 rings (SSSR count). The number of carbonyl (C=O) groups excluding carboxylic acids is 2. The maximum atomic E-state index is 17.4. The number of para-hydroxylation sites is 1. The van der Waals surface area contributed by atoms with Crippen LogP contribution in [0.4, 0.5) is 14.6 Å². The van der Waals surface area contributed by atoms with Gasteiger partial charge in [0.15, 0.2) is 5.82 Å². The highest BCUT2D eigenvalue weighted by molar-refractivity contribution is 6.04. The van der Waals surface area contributed by atoms with Crippen LogP contribution in [0.5, 0.6) is 17.6 Å². The van der Waals surface area contributed by atoms with E-state index in [0.717, 1.165) is 127 Å². The van der Waals surface area contributed by atoms with E-state index in [2.05, 4.69) is 38.2 Å². The lowest BCUT2D eigenvalue weighted by atomic mass is 9.86. The van der Waals surface area contributed by atoms with Gasteiger partial charge in [0.05, 0.1) is 29.8 Å². The zero-order valence-electron chi connectivity index (χ0n) is 40.8. The molecule has 6 aromatic rings. The maximum Gasteiger partial charge on any atom is 0.319 e. The second-order valence-corrected chi connectivity index (χ2v) is 21.5. The molecule has 1 saturated carbocycles. The minimum absolute atomic E-state index is 0.0209. The van der Waals surface area contributed by atoms with Gasteiger partial charge in [0.1, 0.15) is 40.6 Å². The lowest BCUT2D eigenvalue weighted by Gasteiger charge is -2.38.